The first-order chi connectivity index (χ1) is 13.5. The molecule has 0 aliphatic heterocycles. The summed E-state index contributed by atoms with van der Waals surface area (Å²) in [5, 5.41) is 6.14. The molecule has 0 bridgehead atoms. The lowest BCUT2D eigenvalue weighted by Gasteiger charge is -2.22. The Morgan fingerprint density at radius 1 is 1.11 bits per heavy atom. The molecule has 0 aliphatic carbocycles. The standard InChI is InChI=1S/C21H25ClN2O3S/c1-14(15-8-5-7-11-19(15)27-2)23-21(26)18(12-13-28-3)24-20(25)16-9-4-6-10-17(16)22/h4-11,14,18H,12-13H2,1-3H3,(H,23,26)(H,24,25). The maximum Gasteiger partial charge on any atom is 0.253 e. The third kappa shape index (κ3) is 5.91. The number of para-hydroxylation sites is 1. The quantitative estimate of drug-likeness (QED) is 0.641. The molecule has 2 aromatic rings. The smallest absolute Gasteiger partial charge is 0.253 e. The Balaban J connectivity index is 2.12. The molecule has 2 N–H and O–H groups in total. The Labute approximate surface area is 175 Å². The molecule has 0 saturated carbocycles. The lowest BCUT2D eigenvalue weighted by Crippen LogP contribution is -2.47. The van der Waals surface area contributed by atoms with E-state index in [1.165, 1.54) is 0 Å². The first kappa shape index (κ1) is 22.1. The zero-order chi connectivity index (χ0) is 20.5. The summed E-state index contributed by atoms with van der Waals surface area (Å²) in [7, 11) is 1.60. The first-order valence-corrected chi connectivity index (χ1v) is 10.7. The minimum atomic E-state index is -0.659. The van der Waals surface area contributed by atoms with Crippen LogP contribution in [0.4, 0.5) is 0 Å². The number of hydrogen-bond donors (Lipinski definition) is 2. The number of thioether (sulfide) groups is 1. The molecule has 2 rings (SSSR count). The van der Waals surface area contributed by atoms with E-state index in [4.69, 9.17) is 16.3 Å². The fourth-order valence-corrected chi connectivity index (χ4v) is 3.49. The molecule has 7 heteroatoms. The summed E-state index contributed by atoms with van der Waals surface area (Å²) in [6, 6.07) is 13.4. The van der Waals surface area contributed by atoms with Gasteiger partial charge >= 0.3 is 0 Å². The van der Waals surface area contributed by atoms with Crippen molar-refractivity contribution in [1.29, 1.82) is 0 Å². The van der Waals surface area contributed by atoms with Crippen LogP contribution in [0.3, 0.4) is 0 Å². The summed E-state index contributed by atoms with van der Waals surface area (Å²) < 4.78 is 5.37. The van der Waals surface area contributed by atoms with Crippen molar-refractivity contribution in [3.05, 3.63) is 64.7 Å². The topological polar surface area (TPSA) is 67.4 Å². The Morgan fingerprint density at radius 3 is 2.46 bits per heavy atom. The van der Waals surface area contributed by atoms with Gasteiger partial charge in [-0.15, -0.1) is 0 Å². The highest BCUT2D eigenvalue weighted by Crippen LogP contribution is 2.24. The van der Waals surface area contributed by atoms with Crippen molar-refractivity contribution in [3.8, 4) is 5.75 Å². The summed E-state index contributed by atoms with van der Waals surface area (Å²) in [5.74, 6) is 0.838. The van der Waals surface area contributed by atoms with E-state index in [0.717, 1.165) is 11.3 Å². The van der Waals surface area contributed by atoms with E-state index >= 15 is 0 Å². The second-order valence-electron chi connectivity index (χ2n) is 6.26. The minimum absolute atomic E-state index is 0.243. The lowest BCUT2D eigenvalue weighted by molar-refractivity contribution is -0.123. The molecule has 0 aromatic heterocycles. The number of rotatable bonds is 9. The number of methoxy groups -OCH3 is 1. The van der Waals surface area contributed by atoms with Crippen LogP contribution in [0.5, 0.6) is 5.75 Å². The van der Waals surface area contributed by atoms with Crippen LogP contribution in [0.2, 0.25) is 5.02 Å². The average molecular weight is 421 g/mol. The number of nitrogens with one attached hydrogen (secondary N) is 2. The van der Waals surface area contributed by atoms with Gasteiger partial charge in [-0.05, 0) is 43.6 Å². The zero-order valence-electron chi connectivity index (χ0n) is 16.2. The van der Waals surface area contributed by atoms with Crippen molar-refractivity contribution in [2.75, 3.05) is 19.1 Å². The van der Waals surface area contributed by atoms with E-state index < -0.39 is 6.04 Å². The molecule has 0 radical (unpaired) electrons. The van der Waals surface area contributed by atoms with Crippen molar-refractivity contribution in [2.45, 2.75) is 25.4 Å². The van der Waals surface area contributed by atoms with Crippen molar-refractivity contribution in [1.82, 2.24) is 10.6 Å². The molecule has 150 valence electrons. The molecular formula is C21H25ClN2O3S. The summed E-state index contributed by atoms with van der Waals surface area (Å²) >= 11 is 7.72. The molecule has 2 unspecified atom stereocenters. The molecule has 0 heterocycles. The average Bonchev–Trinajstić information content (AvgIpc) is 2.70. The fourth-order valence-electron chi connectivity index (χ4n) is 2.80. The predicted molar refractivity (Wildman–Crippen MR) is 115 cm³/mol. The van der Waals surface area contributed by atoms with Gasteiger partial charge in [0, 0.05) is 5.56 Å². The zero-order valence-corrected chi connectivity index (χ0v) is 17.8. The van der Waals surface area contributed by atoms with Crippen molar-refractivity contribution in [2.24, 2.45) is 0 Å². The van der Waals surface area contributed by atoms with E-state index in [1.807, 2.05) is 37.4 Å². The monoisotopic (exact) mass is 420 g/mol. The number of hydrogen-bond acceptors (Lipinski definition) is 4. The number of benzene rings is 2. The van der Waals surface area contributed by atoms with Gasteiger partial charge in [0.2, 0.25) is 5.91 Å². The van der Waals surface area contributed by atoms with Crippen LogP contribution < -0.4 is 15.4 Å². The summed E-state index contributed by atoms with van der Waals surface area (Å²) in [4.78, 5) is 25.5. The fraction of sp³-hybridized carbons (Fsp3) is 0.333. The summed E-state index contributed by atoms with van der Waals surface area (Å²) in [5.41, 5.74) is 1.23. The Morgan fingerprint density at radius 2 is 1.79 bits per heavy atom. The van der Waals surface area contributed by atoms with Gasteiger partial charge in [0.1, 0.15) is 11.8 Å². The first-order valence-electron chi connectivity index (χ1n) is 8.95. The predicted octanol–water partition coefficient (Wildman–Crippen LogP) is 4.08. The maximum atomic E-state index is 12.9. The Hall–Kier alpha value is -2.18. The molecule has 28 heavy (non-hydrogen) atoms. The highest BCUT2D eigenvalue weighted by molar-refractivity contribution is 7.98. The van der Waals surface area contributed by atoms with E-state index in [2.05, 4.69) is 10.6 Å². The maximum absolute atomic E-state index is 12.9. The minimum Gasteiger partial charge on any atom is -0.496 e. The number of ether oxygens (including phenoxy) is 1. The molecule has 2 atom stereocenters. The van der Waals surface area contributed by atoms with E-state index in [0.29, 0.717) is 22.8 Å². The molecule has 0 spiro atoms. The van der Waals surface area contributed by atoms with Gasteiger partial charge in [0.25, 0.3) is 5.91 Å². The van der Waals surface area contributed by atoms with Gasteiger partial charge in [-0.3, -0.25) is 9.59 Å². The summed E-state index contributed by atoms with van der Waals surface area (Å²) in [6.45, 7) is 1.89. The molecule has 0 fully saturated rings. The number of carbonyl (C=O) groups is 2. The normalized spacial score (nSPS) is 12.7. The van der Waals surface area contributed by atoms with Gasteiger partial charge < -0.3 is 15.4 Å². The van der Waals surface area contributed by atoms with Crippen LogP contribution in [0.15, 0.2) is 48.5 Å². The third-order valence-corrected chi connectivity index (χ3v) is 5.29. The van der Waals surface area contributed by atoms with Gasteiger partial charge in [-0.2, -0.15) is 11.8 Å². The molecule has 2 aromatic carbocycles. The third-order valence-electron chi connectivity index (χ3n) is 4.32. The molecule has 5 nitrogen and oxygen atoms in total. The van der Waals surface area contributed by atoms with Gasteiger partial charge in [-0.1, -0.05) is 41.9 Å². The Kier molecular flexibility index (Phi) is 8.67. The SMILES string of the molecule is COc1ccccc1C(C)NC(=O)C(CCSC)NC(=O)c1ccccc1Cl. The van der Waals surface area contributed by atoms with Crippen LogP contribution in [0.1, 0.15) is 35.3 Å². The van der Waals surface area contributed by atoms with Crippen LogP contribution in [0, 0.1) is 0 Å². The van der Waals surface area contributed by atoms with Crippen molar-refractivity contribution in [3.63, 3.8) is 0 Å². The number of carbonyl (C=O) groups excluding carboxylic acids is 2. The van der Waals surface area contributed by atoms with E-state index in [-0.39, 0.29) is 17.9 Å². The van der Waals surface area contributed by atoms with E-state index in [1.54, 1.807) is 43.1 Å². The molecule has 0 saturated heterocycles. The van der Waals surface area contributed by atoms with Crippen molar-refractivity contribution < 1.29 is 14.3 Å². The van der Waals surface area contributed by atoms with Gasteiger partial charge in [0.05, 0.1) is 23.7 Å². The Bertz CT molecular complexity index is 816. The number of amides is 2. The largest absolute Gasteiger partial charge is 0.496 e. The van der Waals surface area contributed by atoms with Gasteiger partial charge in [-0.25, -0.2) is 0 Å². The molecule has 0 aliphatic rings. The lowest BCUT2D eigenvalue weighted by atomic mass is 10.1. The second-order valence-corrected chi connectivity index (χ2v) is 7.65. The highest BCUT2D eigenvalue weighted by Gasteiger charge is 2.24. The van der Waals surface area contributed by atoms with E-state index in [9.17, 15) is 9.59 Å². The van der Waals surface area contributed by atoms with Crippen molar-refractivity contribution >= 4 is 35.2 Å². The van der Waals surface area contributed by atoms with Crippen LogP contribution >= 0.6 is 23.4 Å². The van der Waals surface area contributed by atoms with Gasteiger partial charge in [0.15, 0.2) is 0 Å². The number of halogens is 1. The van der Waals surface area contributed by atoms with Crippen LogP contribution in [-0.2, 0) is 4.79 Å². The van der Waals surface area contributed by atoms with Crippen LogP contribution in [0.25, 0.3) is 0 Å². The highest BCUT2D eigenvalue weighted by atomic mass is 35.5. The summed E-state index contributed by atoms with van der Waals surface area (Å²) in [6.07, 6.45) is 2.48. The van der Waals surface area contributed by atoms with Crippen LogP contribution in [-0.4, -0.2) is 37.0 Å². The second kappa shape index (κ2) is 11.0. The molecular weight excluding hydrogens is 396 g/mol. The molecule has 2 amide bonds.